The fourth-order valence-electron chi connectivity index (χ4n) is 3.40. The minimum Gasteiger partial charge on any atom is -0.382 e. The Bertz CT molecular complexity index is 447. The van der Waals surface area contributed by atoms with Crippen LogP contribution in [0.3, 0.4) is 0 Å². The second-order valence-corrected chi connectivity index (χ2v) is 6.50. The van der Waals surface area contributed by atoms with Crippen molar-refractivity contribution in [3.05, 3.63) is 0 Å². The van der Waals surface area contributed by atoms with Gasteiger partial charge < -0.3 is 20.1 Å². The van der Waals surface area contributed by atoms with Crippen LogP contribution < -0.4 is 5.73 Å². The van der Waals surface area contributed by atoms with Gasteiger partial charge in [-0.05, 0) is 12.8 Å². The largest absolute Gasteiger partial charge is 0.382 e. The van der Waals surface area contributed by atoms with Gasteiger partial charge in [0, 0.05) is 32.4 Å². The zero-order chi connectivity index (χ0) is 17.1. The van der Waals surface area contributed by atoms with Gasteiger partial charge in [-0.25, -0.2) is 8.78 Å². The van der Waals surface area contributed by atoms with E-state index in [1.165, 1.54) is 7.11 Å². The van der Waals surface area contributed by atoms with Gasteiger partial charge in [0.15, 0.2) is 0 Å². The summed E-state index contributed by atoms with van der Waals surface area (Å²) >= 11 is 0. The molecule has 0 aromatic rings. The van der Waals surface area contributed by atoms with Crippen molar-refractivity contribution in [3.63, 3.8) is 0 Å². The van der Waals surface area contributed by atoms with E-state index in [4.69, 9.17) is 15.2 Å². The monoisotopic (exact) mass is 334 g/mol. The molecule has 1 aliphatic carbocycles. The van der Waals surface area contributed by atoms with Crippen LogP contribution in [0.5, 0.6) is 0 Å². The van der Waals surface area contributed by atoms with Crippen LogP contribution in [0.1, 0.15) is 32.1 Å². The fourth-order valence-corrected chi connectivity index (χ4v) is 3.40. The summed E-state index contributed by atoms with van der Waals surface area (Å²) < 4.78 is 37.3. The van der Waals surface area contributed by atoms with Gasteiger partial charge in [0.25, 0.3) is 0 Å². The van der Waals surface area contributed by atoms with E-state index in [1.807, 2.05) is 0 Å². The maximum Gasteiger partial charge on any atom is 0.248 e. The zero-order valence-corrected chi connectivity index (χ0v) is 13.4. The molecular formula is C15H24F2N2O4. The Balaban J connectivity index is 2.01. The number of carbonyl (C=O) groups is 2. The highest BCUT2D eigenvalue weighted by molar-refractivity contribution is 5.79. The van der Waals surface area contributed by atoms with Crippen molar-refractivity contribution in [1.29, 1.82) is 0 Å². The van der Waals surface area contributed by atoms with Crippen molar-refractivity contribution >= 4 is 11.8 Å². The van der Waals surface area contributed by atoms with Crippen LogP contribution in [0.4, 0.5) is 8.78 Å². The first kappa shape index (κ1) is 18.1. The summed E-state index contributed by atoms with van der Waals surface area (Å²) in [6, 6.07) is 0. The molecule has 132 valence electrons. The van der Waals surface area contributed by atoms with Crippen molar-refractivity contribution in [2.75, 3.05) is 33.4 Å². The topological polar surface area (TPSA) is 81.9 Å². The van der Waals surface area contributed by atoms with Crippen molar-refractivity contribution in [2.45, 2.75) is 43.6 Å². The van der Waals surface area contributed by atoms with E-state index in [9.17, 15) is 18.4 Å². The smallest absolute Gasteiger partial charge is 0.248 e. The highest BCUT2D eigenvalue weighted by Gasteiger charge is 2.43. The van der Waals surface area contributed by atoms with Crippen LogP contribution in [0.2, 0.25) is 0 Å². The third-order valence-corrected chi connectivity index (χ3v) is 4.53. The lowest BCUT2D eigenvalue weighted by molar-refractivity contribution is -0.170. The van der Waals surface area contributed by atoms with Crippen molar-refractivity contribution in [2.24, 2.45) is 11.7 Å². The molecule has 0 spiro atoms. The lowest BCUT2D eigenvalue weighted by Crippen LogP contribution is -2.58. The Morgan fingerprint density at radius 2 is 2.00 bits per heavy atom. The van der Waals surface area contributed by atoms with Crippen molar-refractivity contribution in [1.82, 2.24) is 4.90 Å². The molecule has 2 aliphatic rings. The summed E-state index contributed by atoms with van der Waals surface area (Å²) in [7, 11) is 1.48. The second kappa shape index (κ2) is 7.09. The average Bonchev–Trinajstić information content (AvgIpc) is 2.46. The number of halogens is 2. The van der Waals surface area contributed by atoms with Crippen molar-refractivity contribution < 1.29 is 27.8 Å². The molecule has 1 saturated heterocycles. The molecule has 6 nitrogen and oxygen atoms in total. The molecule has 2 N–H and O–H groups in total. The van der Waals surface area contributed by atoms with Gasteiger partial charge in [0.1, 0.15) is 5.60 Å². The Kier molecular flexibility index (Phi) is 5.57. The van der Waals surface area contributed by atoms with Crippen LogP contribution in [0, 0.1) is 5.92 Å². The lowest BCUT2D eigenvalue weighted by Gasteiger charge is -2.43. The number of nitrogens with two attached hydrogens (primary N) is 1. The van der Waals surface area contributed by atoms with E-state index >= 15 is 0 Å². The Hall–Kier alpha value is -1.28. The predicted octanol–water partition coefficient (Wildman–Crippen LogP) is 0.931. The first-order valence-electron chi connectivity index (χ1n) is 7.85. The third-order valence-electron chi connectivity index (χ3n) is 4.53. The minimum atomic E-state index is -2.66. The SMILES string of the molecule is COC[C@@]1(CC(N)=O)CN(C(=O)C2CCC(F)(F)CC2)CCO1. The van der Waals surface area contributed by atoms with Crippen LogP contribution in [0.15, 0.2) is 0 Å². The molecule has 0 radical (unpaired) electrons. The number of morpholine rings is 1. The first-order chi connectivity index (χ1) is 10.8. The van der Waals surface area contributed by atoms with E-state index in [2.05, 4.69) is 0 Å². The molecule has 0 aromatic heterocycles. The number of ether oxygens (including phenoxy) is 2. The second-order valence-electron chi connectivity index (χ2n) is 6.50. The Labute approximate surface area is 134 Å². The molecule has 2 amide bonds. The highest BCUT2D eigenvalue weighted by atomic mass is 19.3. The molecule has 1 aliphatic heterocycles. The summed E-state index contributed by atoms with van der Waals surface area (Å²) in [6.07, 6.45) is -0.170. The van der Waals surface area contributed by atoms with Crippen LogP contribution in [-0.4, -0.2) is 61.7 Å². The normalized spacial score (nSPS) is 28.6. The summed E-state index contributed by atoms with van der Waals surface area (Å²) in [5.74, 6) is -3.72. The van der Waals surface area contributed by atoms with E-state index in [1.54, 1.807) is 4.90 Å². The van der Waals surface area contributed by atoms with Gasteiger partial charge in [-0.15, -0.1) is 0 Å². The molecule has 2 fully saturated rings. The first-order valence-corrected chi connectivity index (χ1v) is 7.85. The molecule has 2 rings (SSSR count). The van der Waals surface area contributed by atoms with Crippen LogP contribution in [0.25, 0.3) is 0 Å². The molecule has 1 heterocycles. The number of rotatable bonds is 5. The van der Waals surface area contributed by atoms with E-state index in [0.717, 1.165) is 0 Å². The quantitative estimate of drug-likeness (QED) is 0.811. The molecule has 0 bridgehead atoms. The zero-order valence-electron chi connectivity index (χ0n) is 13.4. The van der Waals surface area contributed by atoms with Gasteiger partial charge >= 0.3 is 0 Å². The molecule has 8 heteroatoms. The number of hydrogen-bond acceptors (Lipinski definition) is 4. The number of primary amides is 1. The number of methoxy groups -OCH3 is 1. The summed E-state index contributed by atoms with van der Waals surface area (Å²) in [4.78, 5) is 25.5. The lowest BCUT2D eigenvalue weighted by atomic mass is 9.85. The number of amides is 2. The Morgan fingerprint density at radius 1 is 1.35 bits per heavy atom. The van der Waals surface area contributed by atoms with Crippen LogP contribution >= 0.6 is 0 Å². The van der Waals surface area contributed by atoms with E-state index in [-0.39, 0.29) is 63.7 Å². The number of hydrogen-bond donors (Lipinski definition) is 1. The standard InChI is InChI=1S/C15H24F2N2O4/c1-22-10-14(8-12(18)20)9-19(6-7-23-14)13(21)11-2-4-15(16,17)5-3-11/h11H,2-10H2,1H3,(H2,18,20)/t14-/m1/s1. The maximum atomic E-state index is 13.2. The van der Waals surface area contributed by atoms with Gasteiger partial charge in [-0.2, -0.15) is 0 Å². The molecule has 23 heavy (non-hydrogen) atoms. The number of nitrogens with zero attached hydrogens (tertiary/aromatic N) is 1. The fraction of sp³-hybridized carbons (Fsp3) is 0.867. The van der Waals surface area contributed by atoms with Gasteiger partial charge in [-0.3, -0.25) is 9.59 Å². The van der Waals surface area contributed by atoms with Gasteiger partial charge in [0.05, 0.1) is 26.2 Å². The number of alkyl halides is 2. The minimum absolute atomic E-state index is 0.0483. The Morgan fingerprint density at radius 3 is 2.57 bits per heavy atom. The average molecular weight is 334 g/mol. The molecule has 1 atom stereocenters. The van der Waals surface area contributed by atoms with Gasteiger partial charge in [0.2, 0.25) is 17.7 Å². The summed E-state index contributed by atoms with van der Waals surface area (Å²) in [5.41, 5.74) is 4.32. The summed E-state index contributed by atoms with van der Waals surface area (Å²) in [5, 5.41) is 0. The van der Waals surface area contributed by atoms with Gasteiger partial charge in [-0.1, -0.05) is 0 Å². The molecule has 0 aromatic carbocycles. The van der Waals surface area contributed by atoms with Crippen LogP contribution in [-0.2, 0) is 19.1 Å². The maximum absolute atomic E-state index is 13.2. The molecular weight excluding hydrogens is 310 g/mol. The third kappa shape index (κ3) is 4.60. The number of carbonyl (C=O) groups excluding carboxylic acids is 2. The predicted molar refractivity (Wildman–Crippen MR) is 77.9 cm³/mol. The molecule has 1 saturated carbocycles. The molecule has 0 unspecified atom stereocenters. The van der Waals surface area contributed by atoms with E-state index < -0.39 is 17.4 Å². The van der Waals surface area contributed by atoms with E-state index in [0.29, 0.717) is 6.54 Å². The van der Waals surface area contributed by atoms with Crippen molar-refractivity contribution in [3.8, 4) is 0 Å². The highest BCUT2D eigenvalue weighted by Crippen LogP contribution is 2.37. The summed E-state index contributed by atoms with van der Waals surface area (Å²) in [6.45, 7) is 0.985.